The smallest absolute Gasteiger partial charge is 0.231 e. The van der Waals surface area contributed by atoms with Gasteiger partial charge in [0.25, 0.3) is 0 Å². The van der Waals surface area contributed by atoms with Crippen LogP contribution in [-0.2, 0) is 0 Å². The number of pyridine rings is 1. The Hall–Kier alpha value is -3.39. The van der Waals surface area contributed by atoms with Crippen LogP contribution in [0.15, 0.2) is 47.3 Å². The van der Waals surface area contributed by atoms with E-state index in [-0.39, 0.29) is 6.04 Å². The van der Waals surface area contributed by atoms with Crippen molar-refractivity contribution in [2.45, 2.75) is 38.8 Å². The van der Waals surface area contributed by atoms with E-state index in [1.54, 1.807) is 6.20 Å². The van der Waals surface area contributed by atoms with Crippen LogP contribution in [0.25, 0.3) is 33.7 Å². The lowest BCUT2D eigenvalue weighted by Gasteiger charge is -2.22. The fourth-order valence-corrected chi connectivity index (χ4v) is 4.05. The molecule has 0 unspecified atom stereocenters. The van der Waals surface area contributed by atoms with Crippen molar-refractivity contribution in [3.05, 3.63) is 42.9 Å². The number of nitrogens with two attached hydrogens (primary N) is 1. The number of nitrogen functional groups attached to an aromatic ring is 1. The monoisotopic (exact) mass is 417 g/mol. The maximum Gasteiger partial charge on any atom is 0.231 e. The lowest BCUT2D eigenvalue weighted by Crippen LogP contribution is -2.29. The largest absolute Gasteiger partial charge is 0.434 e. The molecular weight excluding hydrogens is 390 g/mol. The van der Waals surface area contributed by atoms with Crippen molar-refractivity contribution in [3.8, 4) is 22.6 Å². The second-order valence-electron chi connectivity index (χ2n) is 8.32. The van der Waals surface area contributed by atoms with Crippen LogP contribution in [0.3, 0.4) is 0 Å². The number of benzene rings is 1. The summed E-state index contributed by atoms with van der Waals surface area (Å²) < 4.78 is 8.20. The minimum Gasteiger partial charge on any atom is -0.434 e. The number of anilines is 2. The van der Waals surface area contributed by atoms with Gasteiger partial charge in [0.2, 0.25) is 5.89 Å². The molecule has 8 heteroatoms. The molecule has 0 amide bonds. The number of piperidine rings is 1. The number of oxazole rings is 1. The number of fused-ring (bicyclic) bond motifs is 1. The molecule has 4 heterocycles. The molecule has 4 aromatic rings. The van der Waals surface area contributed by atoms with Crippen LogP contribution in [0.2, 0.25) is 0 Å². The molecule has 5 rings (SSSR count). The van der Waals surface area contributed by atoms with Gasteiger partial charge in [0.15, 0.2) is 5.58 Å². The van der Waals surface area contributed by atoms with Crippen molar-refractivity contribution >= 4 is 22.6 Å². The minimum atomic E-state index is 0.283. The van der Waals surface area contributed by atoms with E-state index in [1.807, 2.05) is 30.5 Å². The summed E-state index contributed by atoms with van der Waals surface area (Å²) >= 11 is 0. The highest BCUT2D eigenvalue weighted by atomic mass is 16.3. The second kappa shape index (κ2) is 8.03. The topological polar surface area (TPSA) is 107 Å². The summed E-state index contributed by atoms with van der Waals surface area (Å²) in [5.74, 6) is 0.852. The Kier molecular flexibility index (Phi) is 5.07. The van der Waals surface area contributed by atoms with E-state index in [2.05, 4.69) is 50.4 Å². The third kappa shape index (κ3) is 3.86. The van der Waals surface area contributed by atoms with Gasteiger partial charge in [0.05, 0.1) is 23.5 Å². The van der Waals surface area contributed by atoms with Crippen molar-refractivity contribution in [1.29, 1.82) is 0 Å². The zero-order chi connectivity index (χ0) is 21.4. The third-order valence-electron chi connectivity index (χ3n) is 5.63. The molecule has 31 heavy (non-hydrogen) atoms. The van der Waals surface area contributed by atoms with Gasteiger partial charge in [-0.05, 0) is 58.0 Å². The van der Waals surface area contributed by atoms with Crippen LogP contribution < -0.4 is 16.4 Å². The normalized spacial score (nSPS) is 15.1. The average molecular weight is 418 g/mol. The first-order chi connectivity index (χ1) is 15.1. The van der Waals surface area contributed by atoms with E-state index in [4.69, 9.17) is 10.2 Å². The molecule has 1 fully saturated rings. The Labute approximate surface area is 180 Å². The molecule has 0 radical (unpaired) electrons. The van der Waals surface area contributed by atoms with E-state index in [1.165, 1.54) is 0 Å². The number of rotatable bonds is 5. The number of nitrogens with zero attached hydrogens (tertiary/aromatic N) is 4. The first-order valence-corrected chi connectivity index (χ1v) is 10.8. The van der Waals surface area contributed by atoms with Gasteiger partial charge in [-0.25, -0.2) is 9.97 Å². The molecule has 0 saturated carbocycles. The standard InChI is InChI=1S/C23H27N7O/c1-14(2)28-19-4-3-5-20-21(19)31-23(29-20)18-10-15(11-26-22(18)24)16-12-27-30(13-16)17-6-8-25-9-7-17/h3-5,10-14,17,25,28H,6-9H2,1-2H3,(H2,24,26). The van der Waals surface area contributed by atoms with E-state index >= 15 is 0 Å². The average Bonchev–Trinajstić information content (AvgIpc) is 3.42. The van der Waals surface area contributed by atoms with Crippen LogP contribution in [0.4, 0.5) is 11.5 Å². The number of aromatic nitrogens is 4. The Morgan fingerprint density at radius 1 is 1.19 bits per heavy atom. The molecule has 3 aromatic heterocycles. The third-order valence-corrected chi connectivity index (χ3v) is 5.63. The lowest BCUT2D eigenvalue weighted by molar-refractivity contribution is 0.343. The number of hydrogen-bond acceptors (Lipinski definition) is 7. The van der Waals surface area contributed by atoms with Crippen molar-refractivity contribution in [3.63, 3.8) is 0 Å². The summed E-state index contributed by atoms with van der Waals surface area (Å²) in [5.41, 5.74) is 11.2. The van der Waals surface area contributed by atoms with E-state index < -0.39 is 0 Å². The van der Waals surface area contributed by atoms with Gasteiger partial charge in [-0.2, -0.15) is 5.10 Å². The van der Waals surface area contributed by atoms with Crippen molar-refractivity contribution in [1.82, 2.24) is 25.1 Å². The molecule has 160 valence electrons. The van der Waals surface area contributed by atoms with E-state index in [0.29, 0.717) is 23.3 Å². The second-order valence-corrected chi connectivity index (χ2v) is 8.32. The summed E-state index contributed by atoms with van der Waals surface area (Å²) in [6.07, 6.45) is 7.92. The van der Waals surface area contributed by atoms with Gasteiger partial charge in [0, 0.05) is 29.6 Å². The maximum atomic E-state index is 6.21. The quantitative estimate of drug-likeness (QED) is 0.449. The molecule has 1 aliphatic heterocycles. The Morgan fingerprint density at radius 3 is 2.84 bits per heavy atom. The maximum absolute atomic E-state index is 6.21. The van der Waals surface area contributed by atoms with Gasteiger partial charge in [-0.15, -0.1) is 0 Å². The fraction of sp³-hybridized carbons (Fsp3) is 0.348. The van der Waals surface area contributed by atoms with Crippen LogP contribution in [0.5, 0.6) is 0 Å². The lowest BCUT2D eigenvalue weighted by atomic mass is 10.1. The molecular formula is C23H27N7O. The van der Waals surface area contributed by atoms with Crippen molar-refractivity contribution in [2.75, 3.05) is 24.1 Å². The Bertz CT molecular complexity index is 1200. The molecule has 0 aliphatic carbocycles. The number of hydrogen-bond donors (Lipinski definition) is 3. The first kappa shape index (κ1) is 19.6. The Balaban J connectivity index is 1.50. The van der Waals surface area contributed by atoms with Crippen LogP contribution in [0, 0.1) is 0 Å². The van der Waals surface area contributed by atoms with Gasteiger partial charge in [-0.1, -0.05) is 6.07 Å². The summed E-state index contributed by atoms with van der Waals surface area (Å²) in [4.78, 5) is 9.08. The zero-order valence-electron chi connectivity index (χ0n) is 17.8. The zero-order valence-corrected chi connectivity index (χ0v) is 17.8. The summed E-state index contributed by atoms with van der Waals surface area (Å²) in [6, 6.07) is 8.58. The van der Waals surface area contributed by atoms with Crippen molar-refractivity contribution in [2.24, 2.45) is 0 Å². The van der Waals surface area contributed by atoms with Crippen LogP contribution >= 0.6 is 0 Å². The molecule has 1 aromatic carbocycles. The molecule has 1 saturated heterocycles. The molecule has 0 atom stereocenters. The molecule has 8 nitrogen and oxygen atoms in total. The van der Waals surface area contributed by atoms with Gasteiger partial charge in [-0.3, -0.25) is 4.68 Å². The van der Waals surface area contributed by atoms with E-state index in [9.17, 15) is 0 Å². The predicted octanol–water partition coefficient (Wildman–Crippen LogP) is 4.08. The van der Waals surface area contributed by atoms with Gasteiger partial charge >= 0.3 is 0 Å². The molecule has 1 aliphatic rings. The Morgan fingerprint density at radius 2 is 2.03 bits per heavy atom. The molecule has 4 N–H and O–H groups in total. The number of para-hydroxylation sites is 1. The predicted molar refractivity (Wildman–Crippen MR) is 123 cm³/mol. The van der Waals surface area contributed by atoms with Crippen LogP contribution in [0.1, 0.15) is 32.7 Å². The highest BCUT2D eigenvalue weighted by Crippen LogP contribution is 2.34. The van der Waals surface area contributed by atoms with Gasteiger partial charge < -0.3 is 20.8 Å². The van der Waals surface area contributed by atoms with Gasteiger partial charge in [0.1, 0.15) is 11.3 Å². The highest BCUT2D eigenvalue weighted by molar-refractivity contribution is 5.89. The highest BCUT2D eigenvalue weighted by Gasteiger charge is 2.18. The summed E-state index contributed by atoms with van der Waals surface area (Å²) in [7, 11) is 0. The summed E-state index contributed by atoms with van der Waals surface area (Å²) in [6.45, 7) is 6.23. The first-order valence-electron chi connectivity index (χ1n) is 10.8. The van der Waals surface area contributed by atoms with E-state index in [0.717, 1.165) is 53.8 Å². The van der Waals surface area contributed by atoms with Crippen LogP contribution in [-0.4, -0.2) is 38.9 Å². The number of nitrogens with one attached hydrogen (secondary N) is 2. The summed E-state index contributed by atoms with van der Waals surface area (Å²) in [5, 5.41) is 11.4. The minimum absolute atomic E-state index is 0.283. The SMILES string of the molecule is CC(C)Nc1cccc2nc(-c3cc(-c4cnn(C5CCNCC5)c4)cnc3N)oc12. The van der Waals surface area contributed by atoms with Crippen molar-refractivity contribution < 1.29 is 4.42 Å². The molecule has 0 bridgehead atoms. The fourth-order valence-electron chi connectivity index (χ4n) is 4.05. The molecule has 0 spiro atoms.